The van der Waals surface area contributed by atoms with Crippen LogP contribution in [0.3, 0.4) is 0 Å². The average Bonchev–Trinajstić information content (AvgIpc) is 2.66. The first-order valence-electron chi connectivity index (χ1n) is 8.88. The fraction of sp³-hybridized carbons (Fsp3) is 0.316. The van der Waals surface area contributed by atoms with Gasteiger partial charge in [0, 0.05) is 23.6 Å². The summed E-state index contributed by atoms with van der Waals surface area (Å²) >= 11 is 0. The summed E-state index contributed by atoms with van der Waals surface area (Å²) in [5, 5.41) is 16.2. The highest BCUT2D eigenvalue weighted by Crippen LogP contribution is 2.10. The third-order valence-electron chi connectivity index (χ3n) is 2.79. The lowest BCUT2D eigenvalue weighted by molar-refractivity contribution is -0.136. The number of carboxylic acids is 1. The molecule has 0 aliphatic heterocycles. The highest BCUT2D eigenvalue weighted by atomic mass is 32.2. The van der Waals surface area contributed by atoms with Crippen LogP contribution in [0.15, 0.2) is 53.4 Å². The van der Waals surface area contributed by atoms with Gasteiger partial charge in [0.1, 0.15) is 0 Å². The van der Waals surface area contributed by atoms with Gasteiger partial charge in [-0.1, -0.05) is 27.7 Å². The van der Waals surface area contributed by atoms with Crippen molar-refractivity contribution >= 4 is 33.1 Å². The third-order valence-corrected chi connectivity index (χ3v) is 3.72. The summed E-state index contributed by atoms with van der Waals surface area (Å²) in [6.45, 7) is 8.43. The van der Waals surface area contributed by atoms with E-state index in [0.717, 1.165) is 5.69 Å². The fourth-order valence-electron chi connectivity index (χ4n) is 1.57. The highest BCUT2D eigenvalue weighted by Gasteiger charge is 2.05. The van der Waals surface area contributed by atoms with Crippen LogP contribution in [0, 0.1) is 0 Å². The number of carboxylic acid groups (broad SMARTS) is 1. The van der Waals surface area contributed by atoms with Crippen molar-refractivity contribution in [1.82, 2.24) is 0 Å². The number of primary sulfonamides is 1. The minimum absolute atomic E-state index is 0.0756. The van der Waals surface area contributed by atoms with Gasteiger partial charge in [0.15, 0.2) is 0 Å². The van der Waals surface area contributed by atoms with Crippen molar-refractivity contribution in [3.63, 3.8) is 0 Å². The molecule has 0 heterocycles. The summed E-state index contributed by atoms with van der Waals surface area (Å²) in [4.78, 5) is 10.3. The molecule has 0 amide bonds. The highest BCUT2D eigenvalue weighted by molar-refractivity contribution is 7.89. The fourth-order valence-corrected chi connectivity index (χ4v) is 2.09. The molecule has 0 bridgehead atoms. The molecule has 0 fully saturated rings. The molecular weight excluding hydrogens is 380 g/mol. The smallest absolute Gasteiger partial charge is 0.305 e. The Labute approximate surface area is 167 Å². The number of anilines is 3. The normalized spacial score (nSPS) is 9.32. The van der Waals surface area contributed by atoms with Crippen LogP contribution < -0.4 is 21.9 Å². The van der Waals surface area contributed by atoms with E-state index in [9.17, 15) is 13.2 Å². The maximum absolute atomic E-state index is 10.7. The van der Waals surface area contributed by atoms with E-state index in [2.05, 4.69) is 5.32 Å². The maximum Gasteiger partial charge on any atom is 0.305 e. The van der Waals surface area contributed by atoms with E-state index in [-0.39, 0.29) is 11.3 Å². The van der Waals surface area contributed by atoms with Crippen LogP contribution in [0.4, 0.5) is 17.1 Å². The Morgan fingerprint density at radius 1 is 0.893 bits per heavy atom. The number of benzene rings is 2. The van der Waals surface area contributed by atoms with E-state index in [1.807, 2.05) is 39.8 Å². The lowest BCUT2D eigenvalue weighted by Crippen LogP contribution is -2.11. The van der Waals surface area contributed by atoms with Crippen molar-refractivity contribution in [3.05, 3.63) is 48.5 Å². The van der Waals surface area contributed by atoms with Gasteiger partial charge in [0.25, 0.3) is 0 Å². The van der Waals surface area contributed by atoms with Crippen LogP contribution in [-0.2, 0) is 14.8 Å². The van der Waals surface area contributed by atoms with Gasteiger partial charge < -0.3 is 21.9 Å². The zero-order valence-electron chi connectivity index (χ0n) is 16.8. The topological polar surface area (TPSA) is 162 Å². The molecule has 0 spiro atoms. The van der Waals surface area contributed by atoms with Crippen LogP contribution in [-0.4, -0.2) is 26.0 Å². The summed E-state index contributed by atoms with van der Waals surface area (Å²) in [5.74, 6) is -0.803. The molecule has 2 rings (SSSR count). The number of carbonyl (C=O) groups is 1. The Bertz CT molecular complexity index is 762. The van der Waals surface area contributed by atoms with Crippen molar-refractivity contribution in [2.75, 3.05) is 23.3 Å². The quantitative estimate of drug-likeness (QED) is 0.471. The summed E-state index contributed by atoms with van der Waals surface area (Å²) in [6, 6.07) is 12.9. The van der Waals surface area contributed by atoms with Gasteiger partial charge in [-0.2, -0.15) is 0 Å². The van der Waals surface area contributed by atoms with Crippen LogP contribution in [0.2, 0.25) is 0 Å². The monoisotopic (exact) mass is 412 g/mol. The van der Waals surface area contributed by atoms with Crippen molar-refractivity contribution in [1.29, 1.82) is 0 Å². The van der Waals surface area contributed by atoms with Crippen LogP contribution in [0.1, 0.15) is 34.1 Å². The molecule has 158 valence electrons. The number of hydrogen-bond donors (Lipinski definition) is 5. The Morgan fingerprint density at radius 3 is 1.64 bits per heavy atom. The molecule has 8 N–H and O–H groups in total. The molecule has 0 radical (unpaired) electrons. The number of aliphatic carboxylic acids is 1. The molecule has 0 atom stereocenters. The number of nitrogens with one attached hydrogen (secondary N) is 1. The third kappa shape index (κ3) is 13.4. The molecule has 0 aliphatic carbocycles. The van der Waals surface area contributed by atoms with Gasteiger partial charge in [-0.05, 0) is 48.5 Å². The van der Waals surface area contributed by atoms with Gasteiger partial charge in [-0.15, -0.1) is 0 Å². The SMILES string of the molecule is CC.CC.Nc1ccc(NCCC(=O)O)cc1.Nc1ccc(S(N)(=O)=O)cc1. The second-order valence-corrected chi connectivity index (χ2v) is 6.37. The average molecular weight is 413 g/mol. The van der Waals surface area contributed by atoms with E-state index < -0.39 is 16.0 Å². The second kappa shape index (κ2) is 15.3. The van der Waals surface area contributed by atoms with Crippen LogP contribution >= 0.6 is 0 Å². The number of nitrogens with two attached hydrogens (primary N) is 3. The Kier molecular flexibility index (Phi) is 15.0. The maximum atomic E-state index is 10.7. The summed E-state index contributed by atoms with van der Waals surface area (Å²) in [5.41, 5.74) is 12.9. The van der Waals surface area contributed by atoms with E-state index in [1.54, 1.807) is 12.1 Å². The van der Waals surface area contributed by atoms with Crippen LogP contribution in [0.5, 0.6) is 0 Å². The molecule has 0 unspecified atom stereocenters. The molecule has 9 heteroatoms. The number of nitrogen functional groups attached to an aromatic ring is 2. The van der Waals surface area contributed by atoms with Crippen molar-refractivity contribution in [3.8, 4) is 0 Å². The Morgan fingerprint density at radius 2 is 1.29 bits per heavy atom. The first-order chi connectivity index (χ1) is 13.2. The van der Waals surface area contributed by atoms with Gasteiger partial charge in [0.05, 0.1) is 11.3 Å². The molecule has 0 saturated carbocycles. The molecule has 0 saturated heterocycles. The first-order valence-corrected chi connectivity index (χ1v) is 10.4. The van der Waals surface area contributed by atoms with Crippen molar-refractivity contribution in [2.24, 2.45) is 5.14 Å². The van der Waals surface area contributed by atoms with Crippen molar-refractivity contribution in [2.45, 2.75) is 39.0 Å². The molecule has 2 aromatic carbocycles. The van der Waals surface area contributed by atoms with E-state index in [4.69, 9.17) is 21.7 Å². The van der Waals surface area contributed by atoms with Gasteiger partial charge in [-0.3, -0.25) is 4.79 Å². The largest absolute Gasteiger partial charge is 0.481 e. The summed E-state index contributed by atoms with van der Waals surface area (Å²) in [7, 11) is -3.58. The number of hydrogen-bond acceptors (Lipinski definition) is 6. The van der Waals surface area contributed by atoms with Crippen LogP contribution in [0.25, 0.3) is 0 Å². The second-order valence-electron chi connectivity index (χ2n) is 4.81. The van der Waals surface area contributed by atoms with Crippen molar-refractivity contribution < 1.29 is 18.3 Å². The minimum atomic E-state index is -3.58. The van der Waals surface area contributed by atoms with E-state index in [0.29, 0.717) is 17.9 Å². The van der Waals surface area contributed by atoms with E-state index in [1.165, 1.54) is 24.3 Å². The van der Waals surface area contributed by atoms with E-state index >= 15 is 0 Å². The first kappa shape index (κ1) is 27.4. The predicted molar refractivity (Wildman–Crippen MR) is 117 cm³/mol. The Hall–Kier alpha value is -2.78. The lowest BCUT2D eigenvalue weighted by atomic mass is 10.3. The summed E-state index contributed by atoms with van der Waals surface area (Å²) < 4.78 is 21.4. The lowest BCUT2D eigenvalue weighted by Gasteiger charge is -2.03. The molecule has 8 nitrogen and oxygen atoms in total. The molecule has 0 aliphatic rings. The standard InChI is InChI=1S/C9H12N2O2.C6H8N2O2S.2C2H6/c10-7-1-3-8(4-2-7)11-6-5-9(12)13;7-5-1-3-6(4-2-5)11(8,9)10;2*1-2/h1-4,11H,5-6,10H2,(H,12,13);1-4H,7H2,(H2,8,9,10);2*1-2H3. The zero-order chi connectivity index (χ0) is 22.2. The van der Waals surface area contributed by atoms with Gasteiger partial charge in [0.2, 0.25) is 10.0 Å². The number of sulfonamides is 1. The minimum Gasteiger partial charge on any atom is -0.481 e. The molecule has 28 heavy (non-hydrogen) atoms. The molecule has 2 aromatic rings. The van der Waals surface area contributed by atoms with Gasteiger partial charge in [-0.25, -0.2) is 13.6 Å². The summed E-state index contributed by atoms with van der Waals surface area (Å²) in [6.07, 6.45) is 0.115. The zero-order valence-corrected chi connectivity index (χ0v) is 17.7. The number of rotatable bonds is 5. The Balaban J connectivity index is 0. The predicted octanol–water partition coefficient (Wildman–Crippen LogP) is 3.12. The molecule has 0 aromatic heterocycles. The molecular formula is C19H32N4O4S. The van der Waals surface area contributed by atoms with Gasteiger partial charge >= 0.3 is 5.97 Å².